The number of alkyl halides is 3. The van der Waals surface area contributed by atoms with Crippen LogP contribution in [-0.2, 0) is 11.0 Å². The zero-order valence-electron chi connectivity index (χ0n) is 18.7. The summed E-state index contributed by atoms with van der Waals surface area (Å²) in [5.74, 6) is -0.0137. The average Bonchev–Trinajstić information content (AvgIpc) is 3.04. The van der Waals surface area contributed by atoms with Crippen LogP contribution in [0.3, 0.4) is 0 Å². The van der Waals surface area contributed by atoms with Gasteiger partial charge in [0.2, 0.25) is 0 Å². The van der Waals surface area contributed by atoms with Crippen molar-refractivity contribution in [1.29, 1.82) is 0 Å². The molecule has 1 unspecified atom stereocenters. The van der Waals surface area contributed by atoms with Crippen LogP contribution in [0.15, 0.2) is 42.5 Å². The minimum absolute atomic E-state index is 0.335. The third kappa shape index (κ3) is 5.47. The van der Waals surface area contributed by atoms with E-state index in [-0.39, 0.29) is 6.10 Å². The standard InChI is InChI=1S/C24H25F3N2O4/c1-5-20(33-19-10-11-21(14(2)12-19)32-13-22(30)31)23-15(3)28-29(16(23)4)18-8-6-17(7-9-18)24(25,26)27/h6-12,20H,5,13H2,1-4H3,(H,30,31). The zero-order valence-corrected chi connectivity index (χ0v) is 18.7. The van der Waals surface area contributed by atoms with E-state index in [1.54, 1.807) is 29.8 Å². The van der Waals surface area contributed by atoms with Gasteiger partial charge >= 0.3 is 12.1 Å². The molecule has 0 aliphatic carbocycles. The van der Waals surface area contributed by atoms with Crippen molar-refractivity contribution in [3.05, 3.63) is 70.5 Å². The zero-order chi connectivity index (χ0) is 24.3. The molecule has 0 bridgehead atoms. The van der Waals surface area contributed by atoms with E-state index >= 15 is 0 Å². The van der Waals surface area contributed by atoms with E-state index in [9.17, 15) is 18.0 Å². The summed E-state index contributed by atoms with van der Waals surface area (Å²) in [7, 11) is 0. The fraction of sp³-hybridized carbons (Fsp3) is 0.333. The van der Waals surface area contributed by atoms with Crippen molar-refractivity contribution in [2.75, 3.05) is 6.61 Å². The van der Waals surface area contributed by atoms with E-state index in [0.717, 1.165) is 34.6 Å². The highest BCUT2D eigenvalue weighted by atomic mass is 19.4. The Bertz CT molecular complexity index is 1140. The van der Waals surface area contributed by atoms with Crippen LogP contribution in [0.5, 0.6) is 11.5 Å². The molecule has 3 aromatic rings. The summed E-state index contributed by atoms with van der Waals surface area (Å²) in [6.45, 7) is 7.02. The van der Waals surface area contributed by atoms with Crippen LogP contribution in [0.25, 0.3) is 5.69 Å². The molecule has 1 N–H and O–H groups in total. The first-order valence-corrected chi connectivity index (χ1v) is 10.4. The Morgan fingerprint density at radius 2 is 1.79 bits per heavy atom. The number of aliphatic carboxylic acids is 1. The normalized spacial score (nSPS) is 12.5. The van der Waals surface area contributed by atoms with Gasteiger partial charge in [0.25, 0.3) is 0 Å². The largest absolute Gasteiger partial charge is 0.486 e. The van der Waals surface area contributed by atoms with Crippen molar-refractivity contribution < 1.29 is 32.5 Å². The lowest BCUT2D eigenvalue weighted by Gasteiger charge is -2.19. The molecular weight excluding hydrogens is 437 g/mol. The minimum atomic E-state index is -4.40. The third-order valence-electron chi connectivity index (χ3n) is 5.26. The topological polar surface area (TPSA) is 73.6 Å². The van der Waals surface area contributed by atoms with Crippen molar-refractivity contribution in [3.8, 4) is 17.2 Å². The molecule has 6 nitrogen and oxygen atoms in total. The summed E-state index contributed by atoms with van der Waals surface area (Å²) in [6.07, 6.45) is -4.10. The predicted molar refractivity (Wildman–Crippen MR) is 116 cm³/mol. The minimum Gasteiger partial charge on any atom is -0.486 e. The van der Waals surface area contributed by atoms with Gasteiger partial charge in [0, 0.05) is 11.3 Å². The van der Waals surface area contributed by atoms with E-state index in [2.05, 4.69) is 5.10 Å². The first-order chi connectivity index (χ1) is 15.5. The van der Waals surface area contributed by atoms with Gasteiger partial charge < -0.3 is 14.6 Å². The molecule has 0 amide bonds. The molecule has 176 valence electrons. The molecule has 0 radical (unpaired) electrons. The van der Waals surface area contributed by atoms with Gasteiger partial charge in [-0.25, -0.2) is 9.48 Å². The van der Waals surface area contributed by atoms with Gasteiger partial charge in [-0.3, -0.25) is 0 Å². The molecular formula is C24H25F3N2O4. The second-order valence-electron chi connectivity index (χ2n) is 7.67. The number of aryl methyl sites for hydroxylation is 2. The third-order valence-corrected chi connectivity index (χ3v) is 5.26. The van der Waals surface area contributed by atoms with E-state index in [1.165, 1.54) is 12.1 Å². The van der Waals surface area contributed by atoms with E-state index in [4.69, 9.17) is 14.6 Å². The van der Waals surface area contributed by atoms with E-state index in [0.29, 0.717) is 23.6 Å². The summed E-state index contributed by atoms with van der Waals surface area (Å²) in [5.41, 5.74) is 2.91. The highest BCUT2D eigenvalue weighted by Gasteiger charge is 2.30. The first kappa shape index (κ1) is 24.2. The van der Waals surface area contributed by atoms with Crippen molar-refractivity contribution in [2.24, 2.45) is 0 Å². The lowest BCUT2D eigenvalue weighted by molar-refractivity contribution is -0.139. The van der Waals surface area contributed by atoms with Crippen LogP contribution in [0.2, 0.25) is 0 Å². The Balaban J connectivity index is 1.85. The van der Waals surface area contributed by atoms with Crippen LogP contribution in [0.1, 0.15) is 47.5 Å². The molecule has 0 saturated carbocycles. The molecule has 1 atom stereocenters. The smallest absolute Gasteiger partial charge is 0.416 e. The van der Waals surface area contributed by atoms with Gasteiger partial charge in [-0.05, 0) is 75.2 Å². The predicted octanol–water partition coefficient (Wildman–Crippen LogP) is 5.81. The molecule has 2 aromatic carbocycles. The fourth-order valence-electron chi connectivity index (χ4n) is 3.67. The van der Waals surface area contributed by atoms with Gasteiger partial charge in [0.05, 0.1) is 16.9 Å². The quantitative estimate of drug-likeness (QED) is 0.457. The molecule has 1 heterocycles. The number of carboxylic acids is 1. The fourth-order valence-corrected chi connectivity index (χ4v) is 3.67. The maximum Gasteiger partial charge on any atom is 0.416 e. The van der Waals surface area contributed by atoms with Crippen molar-refractivity contribution in [3.63, 3.8) is 0 Å². The number of halogens is 3. The average molecular weight is 462 g/mol. The Morgan fingerprint density at radius 3 is 2.33 bits per heavy atom. The number of carbonyl (C=O) groups is 1. The highest BCUT2D eigenvalue weighted by molar-refractivity contribution is 5.68. The van der Waals surface area contributed by atoms with Gasteiger partial charge in [0.1, 0.15) is 17.6 Å². The molecule has 0 aliphatic heterocycles. The van der Waals surface area contributed by atoms with Crippen molar-refractivity contribution in [1.82, 2.24) is 9.78 Å². The molecule has 3 rings (SSSR count). The van der Waals surface area contributed by atoms with Gasteiger partial charge in [-0.2, -0.15) is 18.3 Å². The number of aromatic nitrogens is 2. The lowest BCUT2D eigenvalue weighted by Crippen LogP contribution is -2.11. The summed E-state index contributed by atoms with van der Waals surface area (Å²) in [4.78, 5) is 10.7. The van der Waals surface area contributed by atoms with Gasteiger partial charge in [0.15, 0.2) is 6.61 Å². The number of rotatable bonds is 8. The second kappa shape index (κ2) is 9.56. The Kier molecular flexibility index (Phi) is 7.00. The van der Waals surface area contributed by atoms with E-state index < -0.39 is 24.3 Å². The number of nitrogens with zero attached hydrogens (tertiary/aromatic N) is 2. The maximum absolute atomic E-state index is 12.9. The summed E-state index contributed by atoms with van der Waals surface area (Å²) in [5, 5.41) is 13.3. The Morgan fingerprint density at radius 1 is 1.12 bits per heavy atom. The van der Waals surface area contributed by atoms with Crippen LogP contribution in [-0.4, -0.2) is 27.5 Å². The number of benzene rings is 2. The van der Waals surface area contributed by atoms with Crippen molar-refractivity contribution >= 4 is 5.97 Å². The molecule has 0 spiro atoms. The molecule has 9 heteroatoms. The Labute approximate surface area is 189 Å². The lowest BCUT2D eigenvalue weighted by atomic mass is 10.0. The van der Waals surface area contributed by atoms with Crippen LogP contribution in [0, 0.1) is 20.8 Å². The van der Waals surface area contributed by atoms with Crippen molar-refractivity contribution in [2.45, 2.75) is 46.4 Å². The van der Waals surface area contributed by atoms with Gasteiger partial charge in [-0.1, -0.05) is 6.92 Å². The summed E-state index contributed by atoms with van der Waals surface area (Å²) in [6, 6.07) is 10.0. The van der Waals surface area contributed by atoms with E-state index in [1.807, 2.05) is 20.8 Å². The number of carboxylic acid groups (broad SMARTS) is 1. The number of ether oxygens (including phenoxy) is 2. The summed E-state index contributed by atoms with van der Waals surface area (Å²) >= 11 is 0. The maximum atomic E-state index is 12.9. The monoisotopic (exact) mass is 462 g/mol. The van der Waals surface area contributed by atoms with Gasteiger partial charge in [-0.15, -0.1) is 0 Å². The summed E-state index contributed by atoms with van der Waals surface area (Å²) < 4.78 is 51.7. The molecule has 1 aromatic heterocycles. The Hall–Kier alpha value is -3.49. The number of hydrogen-bond acceptors (Lipinski definition) is 4. The highest BCUT2D eigenvalue weighted by Crippen LogP contribution is 2.33. The molecule has 0 saturated heterocycles. The SMILES string of the molecule is CCC(Oc1ccc(OCC(=O)O)c(C)c1)c1c(C)nn(-c2ccc(C(F)(F)F)cc2)c1C. The van der Waals surface area contributed by atoms with Crippen LogP contribution >= 0.6 is 0 Å². The molecule has 33 heavy (non-hydrogen) atoms. The number of hydrogen-bond donors (Lipinski definition) is 1. The first-order valence-electron chi connectivity index (χ1n) is 10.4. The van der Waals surface area contributed by atoms with Crippen LogP contribution in [0.4, 0.5) is 13.2 Å². The van der Waals surface area contributed by atoms with Crippen LogP contribution < -0.4 is 9.47 Å². The molecule has 0 aliphatic rings. The second-order valence-corrected chi connectivity index (χ2v) is 7.67. The molecule has 0 fully saturated rings.